The van der Waals surface area contributed by atoms with E-state index in [0.29, 0.717) is 24.0 Å². The van der Waals surface area contributed by atoms with Crippen molar-refractivity contribution in [2.75, 3.05) is 32.0 Å². The SMILES string of the molecule is CCN1CCOC(c2noc(-c3cc(I)ccc3N)n2)C1. The van der Waals surface area contributed by atoms with Crippen molar-refractivity contribution in [3.63, 3.8) is 0 Å². The lowest BCUT2D eigenvalue weighted by Gasteiger charge is -2.30. The Bertz CT molecular complexity index is 631. The van der Waals surface area contributed by atoms with E-state index < -0.39 is 0 Å². The summed E-state index contributed by atoms with van der Waals surface area (Å²) in [6.45, 7) is 5.55. The number of anilines is 1. The van der Waals surface area contributed by atoms with E-state index in [1.807, 2.05) is 18.2 Å². The molecule has 1 fully saturated rings. The number of nitrogens with zero attached hydrogens (tertiary/aromatic N) is 3. The largest absolute Gasteiger partial charge is 0.398 e. The topological polar surface area (TPSA) is 77.4 Å². The molecule has 1 aromatic heterocycles. The van der Waals surface area contributed by atoms with Gasteiger partial charge in [-0.1, -0.05) is 12.1 Å². The van der Waals surface area contributed by atoms with E-state index >= 15 is 0 Å². The molecule has 6 nitrogen and oxygen atoms in total. The van der Waals surface area contributed by atoms with Gasteiger partial charge >= 0.3 is 0 Å². The van der Waals surface area contributed by atoms with E-state index in [2.05, 4.69) is 44.6 Å². The minimum atomic E-state index is -0.139. The monoisotopic (exact) mass is 400 g/mol. The molecule has 1 aliphatic rings. The van der Waals surface area contributed by atoms with Gasteiger partial charge in [-0.2, -0.15) is 4.98 Å². The predicted octanol–water partition coefficient (Wildman–Crippen LogP) is 2.32. The van der Waals surface area contributed by atoms with E-state index in [1.165, 1.54) is 0 Å². The first-order chi connectivity index (χ1) is 10.2. The van der Waals surface area contributed by atoms with Gasteiger partial charge < -0.3 is 15.0 Å². The van der Waals surface area contributed by atoms with Crippen LogP contribution in [0.1, 0.15) is 18.9 Å². The second kappa shape index (κ2) is 6.29. The summed E-state index contributed by atoms with van der Waals surface area (Å²) in [6.07, 6.45) is -0.139. The molecule has 2 N–H and O–H groups in total. The second-order valence-corrected chi connectivity index (χ2v) is 6.19. The van der Waals surface area contributed by atoms with Crippen LogP contribution >= 0.6 is 22.6 Å². The number of likely N-dealkylation sites (N-methyl/N-ethyl adjacent to an activating group) is 1. The van der Waals surface area contributed by atoms with Gasteiger partial charge in [-0.05, 0) is 47.3 Å². The summed E-state index contributed by atoms with van der Waals surface area (Å²) in [6, 6.07) is 5.73. The average molecular weight is 400 g/mol. The molecular weight excluding hydrogens is 383 g/mol. The molecule has 1 aliphatic heterocycles. The number of nitrogen functional groups attached to an aromatic ring is 1. The molecule has 1 saturated heterocycles. The van der Waals surface area contributed by atoms with Crippen molar-refractivity contribution in [3.05, 3.63) is 27.6 Å². The van der Waals surface area contributed by atoms with Crippen molar-refractivity contribution in [2.45, 2.75) is 13.0 Å². The number of halogens is 1. The van der Waals surface area contributed by atoms with Gasteiger partial charge in [0.15, 0.2) is 0 Å². The maximum atomic E-state index is 5.98. The lowest BCUT2D eigenvalue weighted by molar-refractivity contribution is -0.0334. The Morgan fingerprint density at radius 1 is 1.48 bits per heavy atom. The zero-order chi connectivity index (χ0) is 14.8. The Morgan fingerprint density at radius 3 is 3.14 bits per heavy atom. The lowest BCUT2D eigenvalue weighted by Crippen LogP contribution is -2.38. The number of rotatable bonds is 3. The normalized spacial score (nSPS) is 19.8. The third-order valence-corrected chi connectivity index (χ3v) is 4.24. The fraction of sp³-hybridized carbons (Fsp3) is 0.429. The molecule has 7 heteroatoms. The first kappa shape index (κ1) is 14.7. The third kappa shape index (κ3) is 3.19. The Balaban J connectivity index is 1.84. The Labute approximate surface area is 136 Å². The van der Waals surface area contributed by atoms with E-state index in [9.17, 15) is 0 Å². The number of benzene rings is 1. The number of aromatic nitrogens is 2. The molecule has 0 bridgehead atoms. The number of hydrogen-bond acceptors (Lipinski definition) is 6. The first-order valence-corrected chi connectivity index (χ1v) is 7.98. The van der Waals surface area contributed by atoms with Crippen LogP contribution in [0, 0.1) is 3.57 Å². The number of morpholine rings is 1. The highest BCUT2D eigenvalue weighted by atomic mass is 127. The molecule has 1 unspecified atom stereocenters. The Kier molecular flexibility index (Phi) is 4.41. The fourth-order valence-corrected chi connectivity index (χ4v) is 2.83. The van der Waals surface area contributed by atoms with Gasteiger partial charge in [0.1, 0.15) is 6.10 Å². The minimum absolute atomic E-state index is 0.139. The Morgan fingerprint density at radius 2 is 2.33 bits per heavy atom. The van der Waals surface area contributed by atoms with Crippen molar-refractivity contribution in [1.82, 2.24) is 15.0 Å². The molecule has 21 heavy (non-hydrogen) atoms. The van der Waals surface area contributed by atoms with Gasteiger partial charge in [-0.3, -0.25) is 4.90 Å². The van der Waals surface area contributed by atoms with Crippen molar-refractivity contribution in [1.29, 1.82) is 0 Å². The Hall–Kier alpha value is -1.19. The van der Waals surface area contributed by atoms with Crippen LogP contribution in [0.15, 0.2) is 22.7 Å². The van der Waals surface area contributed by atoms with Crippen molar-refractivity contribution < 1.29 is 9.26 Å². The molecular formula is C14H17IN4O2. The number of ether oxygens (including phenoxy) is 1. The standard InChI is InChI=1S/C14H17IN4O2/c1-2-19-5-6-20-12(8-19)13-17-14(21-18-13)10-7-9(15)3-4-11(10)16/h3-4,7,12H,2,5-6,8,16H2,1H3. The van der Waals surface area contributed by atoms with Crippen LogP contribution in [0.4, 0.5) is 5.69 Å². The van der Waals surface area contributed by atoms with Crippen LogP contribution in [0.2, 0.25) is 0 Å². The molecule has 112 valence electrons. The smallest absolute Gasteiger partial charge is 0.260 e. The molecule has 1 atom stereocenters. The molecule has 0 amide bonds. The number of nitrogens with two attached hydrogens (primary N) is 1. The van der Waals surface area contributed by atoms with Gasteiger partial charge in [0, 0.05) is 22.3 Å². The van der Waals surface area contributed by atoms with Crippen molar-refractivity contribution in [3.8, 4) is 11.5 Å². The minimum Gasteiger partial charge on any atom is -0.398 e. The quantitative estimate of drug-likeness (QED) is 0.630. The number of hydrogen-bond donors (Lipinski definition) is 1. The summed E-state index contributed by atoms with van der Waals surface area (Å²) in [5.74, 6) is 1.03. The highest BCUT2D eigenvalue weighted by molar-refractivity contribution is 14.1. The summed E-state index contributed by atoms with van der Waals surface area (Å²) < 4.78 is 12.2. The maximum absolute atomic E-state index is 5.98. The van der Waals surface area contributed by atoms with Gasteiger partial charge in [0.25, 0.3) is 5.89 Å². The summed E-state index contributed by atoms with van der Waals surface area (Å²) in [5, 5.41) is 4.06. The highest BCUT2D eigenvalue weighted by Crippen LogP contribution is 2.28. The fourth-order valence-electron chi connectivity index (χ4n) is 2.33. The maximum Gasteiger partial charge on any atom is 0.260 e. The van der Waals surface area contributed by atoms with Crippen molar-refractivity contribution >= 4 is 28.3 Å². The predicted molar refractivity (Wildman–Crippen MR) is 87.7 cm³/mol. The van der Waals surface area contributed by atoms with E-state index in [4.69, 9.17) is 15.0 Å². The third-order valence-electron chi connectivity index (χ3n) is 3.57. The molecule has 0 radical (unpaired) electrons. The molecule has 1 aromatic carbocycles. The molecule has 2 aromatic rings. The van der Waals surface area contributed by atoms with Gasteiger partial charge in [0.05, 0.1) is 12.2 Å². The molecule has 0 spiro atoms. The van der Waals surface area contributed by atoms with Crippen LogP contribution in [0.3, 0.4) is 0 Å². The van der Waals surface area contributed by atoms with Crippen molar-refractivity contribution in [2.24, 2.45) is 0 Å². The van der Waals surface area contributed by atoms with E-state index in [-0.39, 0.29) is 6.10 Å². The molecule has 3 rings (SSSR count). The van der Waals surface area contributed by atoms with Crippen LogP contribution in [-0.4, -0.2) is 41.3 Å². The van der Waals surface area contributed by atoms with Crippen LogP contribution < -0.4 is 5.73 Å². The second-order valence-electron chi connectivity index (χ2n) is 4.94. The van der Waals surface area contributed by atoms with E-state index in [0.717, 1.165) is 28.8 Å². The van der Waals surface area contributed by atoms with Crippen LogP contribution in [0.25, 0.3) is 11.5 Å². The zero-order valence-corrected chi connectivity index (χ0v) is 13.9. The summed E-state index contributed by atoms with van der Waals surface area (Å²) in [4.78, 5) is 6.77. The van der Waals surface area contributed by atoms with Gasteiger partial charge in [-0.15, -0.1) is 0 Å². The summed E-state index contributed by atoms with van der Waals surface area (Å²) in [7, 11) is 0. The zero-order valence-electron chi connectivity index (χ0n) is 11.8. The van der Waals surface area contributed by atoms with Gasteiger partial charge in [0.2, 0.25) is 5.82 Å². The first-order valence-electron chi connectivity index (χ1n) is 6.90. The lowest BCUT2D eigenvalue weighted by atomic mass is 10.2. The van der Waals surface area contributed by atoms with Crippen LogP contribution in [0.5, 0.6) is 0 Å². The van der Waals surface area contributed by atoms with Crippen LogP contribution in [-0.2, 0) is 4.74 Å². The molecule has 2 heterocycles. The highest BCUT2D eigenvalue weighted by Gasteiger charge is 2.26. The summed E-state index contributed by atoms with van der Waals surface area (Å²) >= 11 is 2.23. The molecule has 0 aliphatic carbocycles. The average Bonchev–Trinajstić information content (AvgIpc) is 2.99. The van der Waals surface area contributed by atoms with Gasteiger partial charge in [-0.25, -0.2) is 0 Å². The summed E-state index contributed by atoms with van der Waals surface area (Å²) in [5.41, 5.74) is 7.38. The molecule has 0 saturated carbocycles. The van der Waals surface area contributed by atoms with E-state index in [1.54, 1.807) is 0 Å².